The number of hydrogen-bond donors (Lipinski definition) is 3. The molecule has 0 aromatic rings. The first kappa shape index (κ1) is 52.9. The lowest BCUT2D eigenvalue weighted by Crippen LogP contribution is -2.45. The van der Waals surface area contributed by atoms with Crippen molar-refractivity contribution >= 4 is 5.91 Å². The van der Waals surface area contributed by atoms with Crippen molar-refractivity contribution in [1.82, 2.24) is 5.32 Å². The largest absolute Gasteiger partial charge is 0.394 e. The van der Waals surface area contributed by atoms with Crippen molar-refractivity contribution in [3.63, 3.8) is 0 Å². The third-order valence-corrected chi connectivity index (χ3v) is 11.4. The van der Waals surface area contributed by atoms with Crippen LogP contribution < -0.4 is 5.32 Å². The Morgan fingerprint density at radius 1 is 0.426 bits per heavy atom. The lowest BCUT2D eigenvalue weighted by atomic mass is 10.0. The Labute approximate surface area is 339 Å². The standard InChI is InChI=1S/C50H97NO3/c1-3-5-7-9-11-13-15-17-19-21-22-23-24-25-26-27-28-29-30-32-34-36-38-40-42-44-46-50(54)51-48(47-52)49(53)45-43-41-39-37-35-33-31-20-18-16-14-12-10-8-6-4-2/h25-26,43,45,48-49,52-53H,3-24,27-42,44,46-47H2,1-2H3,(H,51,54)/b26-25-,45-43+. The van der Waals surface area contributed by atoms with E-state index in [4.69, 9.17) is 0 Å². The highest BCUT2D eigenvalue weighted by molar-refractivity contribution is 5.76. The number of aliphatic hydroxyl groups is 2. The molecule has 2 unspecified atom stereocenters. The minimum atomic E-state index is -0.837. The monoisotopic (exact) mass is 760 g/mol. The molecule has 0 heterocycles. The van der Waals surface area contributed by atoms with E-state index in [1.807, 2.05) is 6.08 Å². The van der Waals surface area contributed by atoms with Gasteiger partial charge in [0.2, 0.25) is 5.91 Å². The number of nitrogens with one attached hydrogen (secondary N) is 1. The molecule has 0 radical (unpaired) electrons. The van der Waals surface area contributed by atoms with Crippen LogP contribution in [0.3, 0.4) is 0 Å². The molecule has 54 heavy (non-hydrogen) atoms. The highest BCUT2D eigenvalue weighted by Crippen LogP contribution is 2.16. The summed E-state index contributed by atoms with van der Waals surface area (Å²) < 4.78 is 0. The smallest absolute Gasteiger partial charge is 0.220 e. The van der Waals surface area contributed by atoms with Gasteiger partial charge in [0.05, 0.1) is 18.8 Å². The van der Waals surface area contributed by atoms with Crippen LogP contribution in [0.5, 0.6) is 0 Å². The molecule has 0 aliphatic carbocycles. The maximum Gasteiger partial charge on any atom is 0.220 e. The van der Waals surface area contributed by atoms with Gasteiger partial charge < -0.3 is 15.5 Å². The average Bonchev–Trinajstić information content (AvgIpc) is 3.18. The lowest BCUT2D eigenvalue weighted by Gasteiger charge is -2.20. The SMILES string of the molecule is CCCCCCCCCCCCCC/C=C\CCCCCCCCCCCCC(=O)NC(CO)C(O)/C=C/CCCCCCCCCCCCCCCC. The van der Waals surface area contributed by atoms with Gasteiger partial charge in [0.25, 0.3) is 0 Å². The van der Waals surface area contributed by atoms with Gasteiger partial charge in [-0.1, -0.05) is 244 Å². The minimum Gasteiger partial charge on any atom is -0.394 e. The first-order valence-corrected chi connectivity index (χ1v) is 24.6. The van der Waals surface area contributed by atoms with Crippen molar-refractivity contribution < 1.29 is 15.0 Å². The normalized spacial score (nSPS) is 13.0. The van der Waals surface area contributed by atoms with Crippen LogP contribution in [0.4, 0.5) is 0 Å². The van der Waals surface area contributed by atoms with Gasteiger partial charge >= 0.3 is 0 Å². The van der Waals surface area contributed by atoms with Crippen LogP contribution in [0.1, 0.15) is 271 Å². The van der Waals surface area contributed by atoms with E-state index in [0.29, 0.717) is 6.42 Å². The molecule has 0 fully saturated rings. The third-order valence-electron chi connectivity index (χ3n) is 11.4. The fourth-order valence-corrected chi connectivity index (χ4v) is 7.65. The van der Waals surface area contributed by atoms with E-state index in [0.717, 1.165) is 25.7 Å². The number of allylic oxidation sites excluding steroid dienone is 3. The summed E-state index contributed by atoms with van der Waals surface area (Å²) in [6.45, 7) is 4.33. The fourth-order valence-electron chi connectivity index (χ4n) is 7.65. The molecule has 0 aliphatic rings. The van der Waals surface area contributed by atoms with Crippen molar-refractivity contribution in [1.29, 1.82) is 0 Å². The Hall–Kier alpha value is -1.13. The van der Waals surface area contributed by atoms with Gasteiger partial charge in [-0.25, -0.2) is 0 Å². The molecule has 0 rings (SSSR count). The van der Waals surface area contributed by atoms with E-state index in [2.05, 4.69) is 31.3 Å². The highest BCUT2D eigenvalue weighted by Gasteiger charge is 2.18. The van der Waals surface area contributed by atoms with Gasteiger partial charge in [-0.05, 0) is 44.9 Å². The molecule has 0 spiro atoms. The topological polar surface area (TPSA) is 69.6 Å². The number of aliphatic hydroxyl groups excluding tert-OH is 2. The second-order valence-electron chi connectivity index (χ2n) is 16.9. The predicted molar refractivity (Wildman–Crippen MR) is 239 cm³/mol. The summed E-state index contributed by atoms with van der Waals surface area (Å²) >= 11 is 0. The number of amides is 1. The Balaban J connectivity index is 3.50. The van der Waals surface area contributed by atoms with Crippen LogP contribution in [0.25, 0.3) is 0 Å². The number of hydrogen-bond acceptors (Lipinski definition) is 3. The Bertz CT molecular complexity index is 780. The van der Waals surface area contributed by atoms with E-state index in [9.17, 15) is 15.0 Å². The number of unbranched alkanes of at least 4 members (excludes halogenated alkanes) is 36. The molecule has 0 aliphatic heterocycles. The molecule has 4 nitrogen and oxygen atoms in total. The van der Waals surface area contributed by atoms with Crippen molar-refractivity contribution in [3.8, 4) is 0 Å². The van der Waals surface area contributed by atoms with Crippen LogP contribution in [0.15, 0.2) is 24.3 Å². The Kier molecular flexibility index (Phi) is 45.3. The third kappa shape index (κ3) is 42.0. The Morgan fingerprint density at radius 2 is 0.704 bits per heavy atom. The van der Waals surface area contributed by atoms with E-state index >= 15 is 0 Å². The molecule has 2 atom stereocenters. The molecular weight excluding hydrogens is 663 g/mol. The molecule has 320 valence electrons. The molecule has 0 aromatic heterocycles. The average molecular weight is 760 g/mol. The van der Waals surface area contributed by atoms with E-state index in [1.54, 1.807) is 6.08 Å². The fraction of sp³-hybridized carbons (Fsp3) is 0.900. The highest BCUT2D eigenvalue weighted by atomic mass is 16.3. The summed E-state index contributed by atoms with van der Waals surface area (Å²) in [6, 6.07) is -0.620. The molecule has 1 amide bonds. The predicted octanol–water partition coefficient (Wildman–Crippen LogP) is 15.6. The maximum absolute atomic E-state index is 12.4. The van der Waals surface area contributed by atoms with Crippen LogP contribution >= 0.6 is 0 Å². The van der Waals surface area contributed by atoms with Gasteiger partial charge in [-0.3, -0.25) is 4.79 Å². The van der Waals surface area contributed by atoms with Crippen molar-refractivity contribution in [3.05, 3.63) is 24.3 Å². The van der Waals surface area contributed by atoms with Crippen LogP contribution in [0.2, 0.25) is 0 Å². The number of carbonyl (C=O) groups excluding carboxylic acids is 1. The summed E-state index contributed by atoms with van der Waals surface area (Å²) in [6.07, 6.45) is 60.2. The van der Waals surface area contributed by atoms with Crippen molar-refractivity contribution in [2.24, 2.45) is 0 Å². The molecular formula is C50H97NO3. The maximum atomic E-state index is 12.4. The first-order valence-electron chi connectivity index (χ1n) is 24.6. The zero-order chi connectivity index (χ0) is 39.3. The molecule has 0 saturated heterocycles. The van der Waals surface area contributed by atoms with Crippen molar-refractivity contribution in [2.75, 3.05) is 6.61 Å². The van der Waals surface area contributed by atoms with Crippen LogP contribution in [-0.4, -0.2) is 34.9 Å². The summed E-state index contributed by atoms with van der Waals surface area (Å²) in [5, 5.41) is 23.1. The molecule has 4 heteroatoms. The Morgan fingerprint density at radius 3 is 1.02 bits per heavy atom. The van der Waals surface area contributed by atoms with Crippen molar-refractivity contribution in [2.45, 2.75) is 283 Å². The zero-order valence-corrected chi connectivity index (χ0v) is 36.8. The van der Waals surface area contributed by atoms with Crippen LogP contribution in [-0.2, 0) is 4.79 Å². The van der Waals surface area contributed by atoms with Gasteiger partial charge in [0, 0.05) is 6.42 Å². The lowest BCUT2D eigenvalue weighted by molar-refractivity contribution is -0.123. The molecule has 0 bridgehead atoms. The van der Waals surface area contributed by atoms with Gasteiger partial charge in [-0.15, -0.1) is 0 Å². The first-order chi connectivity index (χ1) is 26.7. The summed E-state index contributed by atoms with van der Waals surface area (Å²) in [5.41, 5.74) is 0. The van der Waals surface area contributed by atoms with E-state index < -0.39 is 12.1 Å². The molecule has 0 saturated carbocycles. The summed E-state index contributed by atoms with van der Waals surface area (Å²) in [5.74, 6) is -0.0623. The van der Waals surface area contributed by atoms with E-state index in [1.165, 1.54) is 225 Å². The van der Waals surface area contributed by atoms with Crippen LogP contribution in [0, 0.1) is 0 Å². The van der Waals surface area contributed by atoms with Gasteiger partial charge in [0.1, 0.15) is 0 Å². The minimum absolute atomic E-state index is 0.0623. The second kappa shape index (κ2) is 46.3. The summed E-state index contributed by atoms with van der Waals surface area (Å²) in [7, 11) is 0. The second-order valence-corrected chi connectivity index (χ2v) is 16.9. The van der Waals surface area contributed by atoms with Gasteiger partial charge in [0.15, 0.2) is 0 Å². The quantitative estimate of drug-likeness (QED) is 0.0428. The molecule has 3 N–H and O–H groups in total. The summed E-state index contributed by atoms with van der Waals surface area (Å²) in [4.78, 5) is 12.4. The molecule has 0 aromatic carbocycles. The number of rotatable bonds is 45. The number of carbonyl (C=O) groups is 1. The van der Waals surface area contributed by atoms with Gasteiger partial charge in [-0.2, -0.15) is 0 Å². The van der Waals surface area contributed by atoms with E-state index in [-0.39, 0.29) is 12.5 Å². The zero-order valence-electron chi connectivity index (χ0n) is 36.8.